The fourth-order valence-electron chi connectivity index (χ4n) is 3.32. The number of aromatic nitrogens is 4. The number of carbonyl (C=O) groups is 1. The maximum Gasteiger partial charge on any atom is 0.255 e. The van der Waals surface area contributed by atoms with Crippen molar-refractivity contribution in [3.8, 4) is 0 Å². The van der Waals surface area contributed by atoms with Gasteiger partial charge in [0.25, 0.3) is 11.5 Å². The number of nitrogens with zero attached hydrogens (tertiary/aromatic N) is 3. The molecule has 2 heterocycles. The van der Waals surface area contributed by atoms with Gasteiger partial charge in [0.1, 0.15) is 12.1 Å². The van der Waals surface area contributed by atoms with Crippen LogP contribution in [-0.2, 0) is 18.6 Å². The van der Waals surface area contributed by atoms with Crippen molar-refractivity contribution < 1.29 is 9.18 Å². The highest BCUT2D eigenvalue weighted by Crippen LogP contribution is 2.20. The van der Waals surface area contributed by atoms with E-state index in [-0.39, 0.29) is 17.3 Å². The summed E-state index contributed by atoms with van der Waals surface area (Å²) in [7, 11) is 0. The Balaban J connectivity index is 1.51. The van der Waals surface area contributed by atoms with Gasteiger partial charge in [-0.3, -0.25) is 9.59 Å². The molecule has 2 aromatic carbocycles. The predicted molar refractivity (Wildman–Crippen MR) is 128 cm³/mol. The van der Waals surface area contributed by atoms with Crippen LogP contribution in [0.5, 0.6) is 0 Å². The van der Waals surface area contributed by atoms with E-state index in [4.69, 9.17) is 0 Å². The Morgan fingerprint density at radius 3 is 2.47 bits per heavy atom. The van der Waals surface area contributed by atoms with Gasteiger partial charge < -0.3 is 10.3 Å². The highest BCUT2D eigenvalue weighted by atomic mass is 32.2. The lowest BCUT2D eigenvalue weighted by Crippen LogP contribution is -2.27. The number of hydrogen-bond donors (Lipinski definition) is 2. The van der Waals surface area contributed by atoms with Crippen molar-refractivity contribution in [2.75, 3.05) is 6.54 Å². The van der Waals surface area contributed by atoms with Crippen LogP contribution in [0, 0.1) is 5.82 Å². The van der Waals surface area contributed by atoms with E-state index in [1.54, 1.807) is 48.8 Å². The molecule has 4 aromatic rings. The molecule has 0 bridgehead atoms. The summed E-state index contributed by atoms with van der Waals surface area (Å²) in [5, 5.41) is 3.35. The molecule has 34 heavy (non-hydrogen) atoms. The molecule has 0 radical (unpaired) electrons. The standard InChI is InChI=1S/C25H22FN5O2S/c26-20-8-6-17(7-9-20)15-34-25-30-22(10-11-29-23(32)19-4-2-1-3-5-19)21(24(33)31-25)12-18-13-27-16-28-14-18/h1-9,13-14,16H,10-12,15H2,(H,29,32)(H,30,31,33). The Morgan fingerprint density at radius 1 is 1.00 bits per heavy atom. The van der Waals surface area contributed by atoms with Gasteiger partial charge in [0.2, 0.25) is 0 Å². The summed E-state index contributed by atoms with van der Waals surface area (Å²) in [6.45, 7) is 0.324. The van der Waals surface area contributed by atoms with E-state index in [2.05, 4.69) is 25.3 Å². The first-order valence-electron chi connectivity index (χ1n) is 10.6. The molecule has 0 saturated heterocycles. The van der Waals surface area contributed by atoms with Crippen molar-refractivity contribution in [2.24, 2.45) is 0 Å². The zero-order valence-corrected chi connectivity index (χ0v) is 19.0. The van der Waals surface area contributed by atoms with Crippen LogP contribution in [0.25, 0.3) is 0 Å². The normalized spacial score (nSPS) is 10.7. The maximum absolute atomic E-state index is 13.2. The number of aromatic amines is 1. The molecule has 2 aromatic heterocycles. The zero-order valence-electron chi connectivity index (χ0n) is 18.2. The fraction of sp³-hybridized carbons (Fsp3) is 0.160. The van der Waals surface area contributed by atoms with Gasteiger partial charge in [0.15, 0.2) is 5.16 Å². The van der Waals surface area contributed by atoms with E-state index in [1.165, 1.54) is 30.2 Å². The number of nitrogens with one attached hydrogen (secondary N) is 2. The monoisotopic (exact) mass is 475 g/mol. The second-order valence-corrected chi connectivity index (χ2v) is 8.47. The minimum Gasteiger partial charge on any atom is -0.352 e. The molecular formula is C25H22FN5O2S. The molecule has 0 aliphatic carbocycles. The number of thioether (sulfide) groups is 1. The van der Waals surface area contributed by atoms with Crippen molar-refractivity contribution >= 4 is 17.7 Å². The van der Waals surface area contributed by atoms with Crippen molar-refractivity contribution in [1.82, 2.24) is 25.3 Å². The summed E-state index contributed by atoms with van der Waals surface area (Å²) in [4.78, 5) is 40.9. The molecule has 172 valence electrons. The van der Waals surface area contributed by atoms with Crippen molar-refractivity contribution in [1.29, 1.82) is 0 Å². The maximum atomic E-state index is 13.2. The summed E-state index contributed by atoms with van der Waals surface area (Å²) in [5.41, 5.74) is 3.13. The third-order valence-electron chi connectivity index (χ3n) is 5.05. The first-order valence-corrected chi connectivity index (χ1v) is 11.6. The third-order valence-corrected chi connectivity index (χ3v) is 5.99. The molecule has 1 amide bonds. The molecule has 0 saturated carbocycles. The van der Waals surface area contributed by atoms with Crippen LogP contribution < -0.4 is 10.9 Å². The highest BCUT2D eigenvalue weighted by Gasteiger charge is 2.14. The largest absolute Gasteiger partial charge is 0.352 e. The number of H-pyrrole nitrogens is 1. The average Bonchev–Trinajstić information content (AvgIpc) is 2.86. The van der Waals surface area contributed by atoms with E-state index in [0.717, 1.165) is 11.1 Å². The predicted octanol–water partition coefficient (Wildman–Crippen LogP) is 3.55. The molecular weight excluding hydrogens is 453 g/mol. The zero-order chi connectivity index (χ0) is 23.8. The third kappa shape index (κ3) is 6.35. The minimum absolute atomic E-state index is 0.186. The summed E-state index contributed by atoms with van der Waals surface area (Å²) >= 11 is 1.36. The van der Waals surface area contributed by atoms with Crippen molar-refractivity contribution in [3.05, 3.63) is 117 Å². The Morgan fingerprint density at radius 2 is 1.74 bits per heavy atom. The Kier molecular flexibility index (Phi) is 7.77. The molecule has 0 atom stereocenters. The van der Waals surface area contributed by atoms with Gasteiger partial charge in [0, 0.05) is 48.7 Å². The van der Waals surface area contributed by atoms with E-state index >= 15 is 0 Å². The van der Waals surface area contributed by atoms with E-state index in [1.807, 2.05) is 6.07 Å². The lowest BCUT2D eigenvalue weighted by molar-refractivity contribution is 0.0954. The molecule has 0 aliphatic rings. The first-order chi connectivity index (χ1) is 16.6. The van der Waals surface area contributed by atoms with E-state index in [0.29, 0.717) is 47.1 Å². The number of benzene rings is 2. The highest BCUT2D eigenvalue weighted by molar-refractivity contribution is 7.98. The SMILES string of the molecule is O=C(NCCc1nc(SCc2ccc(F)cc2)[nH]c(=O)c1Cc1cncnc1)c1ccccc1. The number of carbonyl (C=O) groups excluding carboxylic acids is 1. The Bertz CT molecular complexity index is 1300. The van der Waals surface area contributed by atoms with Crippen LogP contribution >= 0.6 is 11.8 Å². The lowest BCUT2D eigenvalue weighted by Gasteiger charge is -2.11. The second kappa shape index (κ2) is 11.3. The van der Waals surface area contributed by atoms with Crippen LogP contribution in [0.1, 0.15) is 32.7 Å². The van der Waals surface area contributed by atoms with Crippen molar-refractivity contribution in [2.45, 2.75) is 23.8 Å². The molecule has 0 aliphatic heterocycles. The quantitative estimate of drug-likeness (QED) is 0.284. The molecule has 7 nitrogen and oxygen atoms in total. The Hall–Kier alpha value is -3.85. The second-order valence-electron chi connectivity index (χ2n) is 7.51. The molecule has 9 heteroatoms. The number of rotatable bonds is 9. The molecule has 2 N–H and O–H groups in total. The summed E-state index contributed by atoms with van der Waals surface area (Å²) < 4.78 is 13.2. The smallest absolute Gasteiger partial charge is 0.255 e. The number of halogens is 1. The molecule has 0 spiro atoms. The van der Waals surface area contributed by atoms with E-state index < -0.39 is 0 Å². The van der Waals surface area contributed by atoms with Gasteiger partial charge in [-0.15, -0.1) is 0 Å². The van der Waals surface area contributed by atoms with Crippen LogP contribution in [0.4, 0.5) is 4.39 Å². The van der Waals surface area contributed by atoms with Crippen LogP contribution in [0.15, 0.2) is 83.3 Å². The van der Waals surface area contributed by atoms with Gasteiger partial charge in [-0.1, -0.05) is 42.1 Å². The van der Waals surface area contributed by atoms with E-state index in [9.17, 15) is 14.0 Å². The number of amides is 1. The van der Waals surface area contributed by atoms with Crippen LogP contribution in [0.3, 0.4) is 0 Å². The van der Waals surface area contributed by atoms with Crippen LogP contribution in [-0.4, -0.2) is 32.4 Å². The van der Waals surface area contributed by atoms with Gasteiger partial charge in [-0.05, 0) is 35.4 Å². The average molecular weight is 476 g/mol. The first kappa shape index (κ1) is 23.3. The van der Waals surface area contributed by atoms with Gasteiger partial charge in [0.05, 0.1) is 5.69 Å². The Labute approximate surface area is 199 Å². The van der Waals surface area contributed by atoms with Gasteiger partial charge >= 0.3 is 0 Å². The van der Waals surface area contributed by atoms with Crippen molar-refractivity contribution in [3.63, 3.8) is 0 Å². The lowest BCUT2D eigenvalue weighted by atomic mass is 10.1. The summed E-state index contributed by atoms with van der Waals surface area (Å²) in [6.07, 6.45) is 5.46. The summed E-state index contributed by atoms with van der Waals surface area (Å²) in [5.74, 6) is 0.0444. The molecule has 0 unspecified atom stereocenters. The summed E-state index contributed by atoms with van der Waals surface area (Å²) in [6, 6.07) is 15.1. The topological polar surface area (TPSA) is 101 Å². The van der Waals surface area contributed by atoms with Crippen LogP contribution in [0.2, 0.25) is 0 Å². The molecule has 0 fully saturated rings. The van der Waals surface area contributed by atoms with Gasteiger partial charge in [-0.25, -0.2) is 19.3 Å². The van der Waals surface area contributed by atoms with Gasteiger partial charge in [-0.2, -0.15) is 0 Å². The fourth-order valence-corrected chi connectivity index (χ4v) is 4.16. The minimum atomic E-state index is -0.297. The molecule has 4 rings (SSSR count). The number of hydrogen-bond acceptors (Lipinski definition) is 6.